The van der Waals surface area contributed by atoms with Crippen molar-refractivity contribution in [1.29, 1.82) is 0 Å². The smallest absolute Gasteiger partial charge is 0.123 e. The van der Waals surface area contributed by atoms with E-state index < -0.39 is 0 Å². The van der Waals surface area contributed by atoms with Crippen LogP contribution < -0.4 is 4.90 Å². The number of rotatable bonds is 3. The van der Waals surface area contributed by atoms with Crippen LogP contribution in [0, 0.1) is 19.7 Å². The lowest BCUT2D eigenvalue weighted by atomic mass is 10.0. The maximum absolute atomic E-state index is 13.6. The number of halogens is 1. The highest BCUT2D eigenvalue weighted by Gasteiger charge is 2.16. The molecular formula is C21H20FNO. The summed E-state index contributed by atoms with van der Waals surface area (Å²) in [4.78, 5) is 2.05. The Morgan fingerprint density at radius 2 is 1.67 bits per heavy atom. The van der Waals surface area contributed by atoms with Gasteiger partial charge in [0, 0.05) is 23.9 Å². The van der Waals surface area contributed by atoms with E-state index in [9.17, 15) is 9.50 Å². The first kappa shape index (κ1) is 16.1. The van der Waals surface area contributed by atoms with Crippen molar-refractivity contribution in [3.8, 4) is 16.9 Å². The van der Waals surface area contributed by atoms with E-state index in [4.69, 9.17) is 0 Å². The second-order valence-electron chi connectivity index (χ2n) is 5.96. The average molecular weight is 321 g/mol. The van der Waals surface area contributed by atoms with Crippen LogP contribution in [0.25, 0.3) is 11.1 Å². The molecular weight excluding hydrogens is 301 g/mol. The molecule has 3 aromatic rings. The van der Waals surface area contributed by atoms with Gasteiger partial charge in [0.25, 0.3) is 0 Å². The molecule has 3 aromatic carbocycles. The molecule has 3 rings (SSSR count). The van der Waals surface area contributed by atoms with Crippen LogP contribution in [-0.2, 0) is 0 Å². The Balaban J connectivity index is 2.16. The third kappa shape index (κ3) is 2.85. The van der Waals surface area contributed by atoms with Gasteiger partial charge in [0.15, 0.2) is 0 Å². The largest absolute Gasteiger partial charge is 0.508 e. The van der Waals surface area contributed by atoms with E-state index >= 15 is 0 Å². The highest BCUT2D eigenvalue weighted by atomic mass is 19.1. The van der Waals surface area contributed by atoms with Crippen LogP contribution in [0.4, 0.5) is 15.8 Å². The summed E-state index contributed by atoms with van der Waals surface area (Å²) in [7, 11) is 1.97. The van der Waals surface area contributed by atoms with Gasteiger partial charge in [-0.15, -0.1) is 0 Å². The lowest BCUT2D eigenvalue weighted by molar-refractivity contribution is 0.471. The number of hydrogen-bond donors (Lipinski definition) is 1. The number of aromatic hydroxyl groups is 1. The molecule has 0 aliphatic carbocycles. The highest BCUT2D eigenvalue weighted by Crippen LogP contribution is 2.39. The van der Waals surface area contributed by atoms with Crippen molar-refractivity contribution in [2.45, 2.75) is 13.8 Å². The van der Waals surface area contributed by atoms with Crippen LogP contribution in [0.1, 0.15) is 11.1 Å². The molecule has 0 saturated carbocycles. The van der Waals surface area contributed by atoms with E-state index in [0.29, 0.717) is 0 Å². The second-order valence-corrected chi connectivity index (χ2v) is 5.96. The number of nitrogens with zero attached hydrogens (tertiary/aromatic N) is 1. The van der Waals surface area contributed by atoms with Gasteiger partial charge in [0.05, 0.1) is 5.69 Å². The number of phenolic OH excluding ortho intramolecular Hbond substituents is 1. The number of aryl methyl sites for hydroxylation is 1. The molecule has 0 spiro atoms. The van der Waals surface area contributed by atoms with Crippen molar-refractivity contribution in [2.75, 3.05) is 11.9 Å². The Kier molecular flexibility index (Phi) is 4.26. The molecule has 1 N–H and O–H groups in total. The zero-order valence-electron chi connectivity index (χ0n) is 14.0. The molecule has 2 nitrogen and oxygen atoms in total. The van der Waals surface area contributed by atoms with Gasteiger partial charge in [-0.1, -0.05) is 36.4 Å². The maximum atomic E-state index is 13.6. The SMILES string of the molecule is Cc1ccc(O)c(C)c1N(C)c1ccccc1-c1cccc(F)c1. The zero-order chi connectivity index (χ0) is 17.3. The summed E-state index contributed by atoms with van der Waals surface area (Å²) < 4.78 is 13.6. The van der Waals surface area contributed by atoms with E-state index in [1.54, 1.807) is 12.1 Å². The Hall–Kier alpha value is -2.81. The summed E-state index contributed by atoms with van der Waals surface area (Å²) in [6.45, 7) is 3.92. The molecule has 0 bridgehead atoms. The van der Waals surface area contributed by atoms with E-state index in [2.05, 4.69) is 0 Å². The van der Waals surface area contributed by atoms with Gasteiger partial charge in [-0.25, -0.2) is 4.39 Å². The summed E-state index contributed by atoms with van der Waals surface area (Å²) in [6.07, 6.45) is 0. The standard InChI is InChI=1S/C21H20FNO/c1-14-11-12-20(24)15(2)21(14)23(3)19-10-5-4-9-18(19)16-7-6-8-17(22)13-16/h4-13,24H,1-3H3. The first-order valence-corrected chi connectivity index (χ1v) is 7.87. The Morgan fingerprint density at radius 1 is 0.917 bits per heavy atom. The molecule has 0 saturated heterocycles. The monoisotopic (exact) mass is 321 g/mol. The summed E-state index contributed by atoms with van der Waals surface area (Å²) in [5.74, 6) is 0.0142. The number of hydrogen-bond acceptors (Lipinski definition) is 2. The number of anilines is 2. The minimum Gasteiger partial charge on any atom is -0.508 e. The number of para-hydroxylation sites is 1. The third-order valence-corrected chi connectivity index (χ3v) is 4.34. The minimum absolute atomic E-state index is 0.255. The zero-order valence-corrected chi connectivity index (χ0v) is 14.0. The Labute approximate surface area is 141 Å². The fourth-order valence-electron chi connectivity index (χ4n) is 3.13. The molecule has 0 fully saturated rings. The normalized spacial score (nSPS) is 10.7. The molecule has 122 valence electrons. The quantitative estimate of drug-likeness (QED) is 0.680. The second kappa shape index (κ2) is 6.36. The summed E-state index contributed by atoms with van der Waals surface area (Å²) in [5, 5.41) is 10.1. The van der Waals surface area contributed by atoms with Crippen LogP contribution in [-0.4, -0.2) is 12.2 Å². The van der Waals surface area contributed by atoms with Crippen LogP contribution in [0.15, 0.2) is 60.7 Å². The van der Waals surface area contributed by atoms with Crippen molar-refractivity contribution in [3.63, 3.8) is 0 Å². The third-order valence-electron chi connectivity index (χ3n) is 4.34. The lowest BCUT2D eigenvalue weighted by Gasteiger charge is -2.26. The van der Waals surface area contributed by atoms with Crippen LogP contribution >= 0.6 is 0 Å². The van der Waals surface area contributed by atoms with Gasteiger partial charge in [0.2, 0.25) is 0 Å². The minimum atomic E-state index is -0.255. The molecule has 3 heteroatoms. The van der Waals surface area contributed by atoms with Crippen LogP contribution in [0.3, 0.4) is 0 Å². The first-order valence-electron chi connectivity index (χ1n) is 7.87. The first-order chi connectivity index (χ1) is 11.5. The van der Waals surface area contributed by atoms with Gasteiger partial charge in [-0.3, -0.25) is 0 Å². The van der Waals surface area contributed by atoms with Gasteiger partial charge >= 0.3 is 0 Å². The number of phenols is 1. The fraction of sp³-hybridized carbons (Fsp3) is 0.143. The lowest BCUT2D eigenvalue weighted by Crippen LogP contribution is -2.13. The van der Waals surface area contributed by atoms with E-state index in [1.807, 2.05) is 62.2 Å². The topological polar surface area (TPSA) is 23.5 Å². The molecule has 0 aromatic heterocycles. The van der Waals surface area contributed by atoms with Crippen molar-refractivity contribution in [3.05, 3.63) is 77.6 Å². The molecule has 0 atom stereocenters. The molecule has 0 radical (unpaired) electrons. The van der Waals surface area contributed by atoms with Gasteiger partial charge < -0.3 is 10.0 Å². The predicted molar refractivity (Wildman–Crippen MR) is 97.5 cm³/mol. The fourth-order valence-corrected chi connectivity index (χ4v) is 3.13. The van der Waals surface area contributed by atoms with Crippen molar-refractivity contribution in [2.24, 2.45) is 0 Å². The number of benzene rings is 3. The molecule has 0 aliphatic rings. The van der Waals surface area contributed by atoms with Crippen molar-refractivity contribution < 1.29 is 9.50 Å². The van der Waals surface area contributed by atoms with Gasteiger partial charge in [-0.2, -0.15) is 0 Å². The molecule has 0 aliphatic heterocycles. The average Bonchev–Trinajstić information content (AvgIpc) is 2.58. The van der Waals surface area contributed by atoms with Gasteiger partial charge in [0.1, 0.15) is 11.6 Å². The molecule has 24 heavy (non-hydrogen) atoms. The highest BCUT2D eigenvalue weighted by molar-refractivity contribution is 5.84. The maximum Gasteiger partial charge on any atom is 0.123 e. The Morgan fingerprint density at radius 3 is 2.42 bits per heavy atom. The van der Waals surface area contributed by atoms with Crippen molar-refractivity contribution in [1.82, 2.24) is 0 Å². The predicted octanol–water partition coefficient (Wildman–Crippen LogP) is 5.58. The van der Waals surface area contributed by atoms with Gasteiger partial charge in [-0.05, 0) is 49.2 Å². The summed E-state index contributed by atoms with van der Waals surface area (Å²) in [5.41, 5.74) is 5.58. The van der Waals surface area contributed by atoms with E-state index in [1.165, 1.54) is 12.1 Å². The molecule has 0 heterocycles. The van der Waals surface area contributed by atoms with Crippen molar-refractivity contribution >= 4 is 11.4 Å². The van der Waals surface area contributed by atoms with E-state index in [-0.39, 0.29) is 11.6 Å². The molecule has 0 amide bonds. The van der Waals surface area contributed by atoms with E-state index in [0.717, 1.165) is 33.6 Å². The van der Waals surface area contributed by atoms with Crippen LogP contribution in [0.5, 0.6) is 5.75 Å². The van der Waals surface area contributed by atoms with Crippen LogP contribution in [0.2, 0.25) is 0 Å². The Bertz CT molecular complexity index is 889. The summed E-state index contributed by atoms with van der Waals surface area (Å²) in [6, 6.07) is 18.1. The molecule has 0 unspecified atom stereocenters. The summed E-state index contributed by atoms with van der Waals surface area (Å²) >= 11 is 0.